The first-order valence-corrected chi connectivity index (χ1v) is 16.0. The van der Waals surface area contributed by atoms with Crippen LogP contribution >= 0.6 is 0 Å². The van der Waals surface area contributed by atoms with Gasteiger partial charge in [-0.3, -0.25) is 4.79 Å². The number of phenolic OH excluding ortho intramolecular Hbond substituents is 1. The Hall–Kier alpha value is -3.73. The molecular weight excluding hydrogens is 557 g/mol. The fourth-order valence-electron chi connectivity index (χ4n) is 7.31. The SMILES string of the molecule is [B]c1cc(CC(OC(=O)N2CCC(N3CCc4ccccc4NC3=O)CC2)C(=O)N2CCC(C3CCNCC3)C2)ccc1O. The lowest BCUT2D eigenvalue weighted by atomic mass is 9.84. The van der Waals surface area contributed by atoms with E-state index in [-0.39, 0.29) is 35.6 Å². The number of carbonyl (C=O) groups is 3. The molecule has 0 aliphatic carbocycles. The Kier molecular flexibility index (Phi) is 9.30. The molecule has 11 heteroatoms. The molecule has 6 rings (SSSR count). The van der Waals surface area contributed by atoms with E-state index in [1.807, 2.05) is 34.1 Å². The number of ether oxygens (including phenoxy) is 1. The number of anilines is 1. The molecule has 3 N–H and O–H groups in total. The minimum absolute atomic E-state index is 0.0160. The number of nitrogens with one attached hydrogen (secondary N) is 2. The summed E-state index contributed by atoms with van der Waals surface area (Å²) in [6.45, 7) is 4.88. The van der Waals surface area contributed by atoms with E-state index in [0.29, 0.717) is 63.0 Å². The van der Waals surface area contributed by atoms with Gasteiger partial charge in [-0.05, 0) is 86.7 Å². The summed E-state index contributed by atoms with van der Waals surface area (Å²) >= 11 is 0. The van der Waals surface area contributed by atoms with Crippen molar-refractivity contribution in [3.63, 3.8) is 0 Å². The highest BCUT2D eigenvalue weighted by Crippen LogP contribution is 2.31. The Morgan fingerprint density at radius 1 is 0.955 bits per heavy atom. The van der Waals surface area contributed by atoms with Crippen LogP contribution in [-0.2, 0) is 22.4 Å². The standard InChI is InChI=1S/C33H42BN5O5/c34-27-19-22(5-6-29(27)40)20-30(31(41)38-15-9-25(21-38)23-7-13-35-14-8-23)44-33(43)37-16-11-26(12-17-37)39-18-10-24-3-1-2-4-28(24)36-32(39)42/h1-6,19,23,25-26,30,35,40H,7-18,20-21H2,(H,36,42). The molecule has 0 spiro atoms. The maximum Gasteiger partial charge on any atom is 0.410 e. The zero-order valence-corrected chi connectivity index (χ0v) is 25.2. The number of hydrogen-bond donors (Lipinski definition) is 3. The van der Waals surface area contributed by atoms with Crippen molar-refractivity contribution in [2.24, 2.45) is 11.8 Å². The van der Waals surface area contributed by atoms with Crippen LogP contribution in [0, 0.1) is 11.8 Å². The van der Waals surface area contributed by atoms with E-state index in [0.717, 1.165) is 50.0 Å². The Bertz CT molecular complexity index is 1360. The number of benzene rings is 2. The van der Waals surface area contributed by atoms with Crippen LogP contribution in [0.3, 0.4) is 0 Å². The van der Waals surface area contributed by atoms with Crippen molar-refractivity contribution >= 4 is 37.0 Å². The molecule has 4 aliphatic heterocycles. The first kappa shape index (κ1) is 30.3. The molecule has 232 valence electrons. The van der Waals surface area contributed by atoms with Gasteiger partial charge >= 0.3 is 12.1 Å². The smallest absolute Gasteiger partial charge is 0.410 e. The number of hydrogen-bond acceptors (Lipinski definition) is 6. The van der Waals surface area contributed by atoms with Crippen molar-refractivity contribution in [2.75, 3.05) is 51.1 Å². The van der Waals surface area contributed by atoms with Crippen LogP contribution in [0.2, 0.25) is 0 Å². The summed E-state index contributed by atoms with van der Waals surface area (Å²) in [5, 5.41) is 16.3. The summed E-state index contributed by atoms with van der Waals surface area (Å²) in [6.07, 6.45) is 3.92. The minimum atomic E-state index is -0.995. The molecule has 2 radical (unpaired) electrons. The van der Waals surface area contributed by atoms with Crippen molar-refractivity contribution in [1.29, 1.82) is 0 Å². The number of para-hydroxylation sites is 1. The Morgan fingerprint density at radius 3 is 2.48 bits per heavy atom. The van der Waals surface area contributed by atoms with Crippen molar-refractivity contribution in [1.82, 2.24) is 20.0 Å². The summed E-state index contributed by atoms with van der Waals surface area (Å²) < 4.78 is 5.97. The molecule has 2 aromatic carbocycles. The van der Waals surface area contributed by atoms with Gasteiger partial charge in [0, 0.05) is 50.9 Å². The predicted molar refractivity (Wildman–Crippen MR) is 168 cm³/mol. The summed E-state index contributed by atoms with van der Waals surface area (Å²) in [6, 6.07) is 12.6. The number of likely N-dealkylation sites (tertiary alicyclic amines) is 2. The number of carbonyl (C=O) groups excluding carboxylic acids is 3. The third kappa shape index (κ3) is 6.82. The minimum Gasteiger partial charge on any atom is -0.509 e. The van der Waals surface area contributed by atoms with Crippen molar-refractivity contribution in [2.45, 2.75) is 57.1 Å². The zero-order valence-electron chi connectivity index (χ0n) is 25.2. The molecule has 0 aromatic heterocycles. The average molecular weight is 600 g/mol. The van der Waals surface area contributed by atoms with Gasteiger partial charge < -0.3 is 35.2 Å². The number of amides is 4. The number of phenols is 1. The first-order valence-electron chi connectivity index (χ1n) is 16.0. The van der Waals surface area contributed by atoms with Crippen LogP contribution in [0.15, 0.2) is 42.5 Å². The van der Waals surface area contributed by atoms with Crippen molar-refractivity contribution < 1.29 is 24.2 Å². The molecule has 44 heavy (non-hydrogen) atoms. The molecule has 2 atom stereocenters. The van der Waals surface area contributed by atoms with Gasteiger partial charge in [0.05, 0.1) is 0 Å². The molecule has 10 nitrogen and oxygen atoms in total. The maximum atomic E-state index is 13.9. The van der Waals surface area contributed by atoms with Crippen LogP contribution in [0.5, 0.6) is 5.75 Å². The monoisotopic (exact) mass is 599 g/mol. The van der Waals surface area contributed by atoms with E-state index in [2.05, 4.69) is 10.6 Å². The zero-order chi connectivity index (χ0) is 30.6. The van der Waals surface area contributed by atoms with Gasteiger partial charge in [-0.1, -0.05) is 35.8 Å². The Labute approximate surface area is 260 Å². The predicted octanol–water partition coefficient (Wildman–Crippen LogP) is 2.64. The molecule has 3 saturated heterocycles. The molecule has 4 heterocycles. The van der Waals surface area contributed by atoms with Crippen molar-refractivity contribution in [3.05, 3.63) is 53.6 Å². The number of rotatable bonds is 6. The number of fused-ring (bicyclic) bond motifs is 1. The molecule has 4 aliphatic rings. The average Bonchev–Trinajstić information content (AvgIpc) is 3.47. The lowest BCUT2D eigenvalue weighted by Gasteiger charge is -2.38. The van der Waals surface area contributed by atoms with Crippen LogP contribution < -0.4 is 16.1 Å². The van der Waals surface area contributed by atoms with Crippen LogP contribution in [-0.4, -0.2) is 104 Å². The second kappa shape index (κ2) is 13.5. The summed E-state index contributed by atoms with van der Waals surface area (Å²) in [5.74, 6) is 0.860. The maximum absolute atomic E-state index is 13.9. The van der Waals surface area contributed by atoms with E-state index in [1.165, 1.54) is 6.07 Å². The summed E-state index contributed by atoms with van der Waals surface area (Å²) in [4.78, 5) is 45.7. The molecule has 4 amide bonds. The van der Waals surface area contributed by atoms with Gasteiger partial charge in [-0.2, -0.15) is 0 Å². The van der Waals surface area contributed by atoms with Crippen LogP contribution in [0.1, 0.15) is 43.2 Å². The van der Waals surface area contributed by atoms with Crippen LogP contribution in [0.4, 0.5) is 15.3 Å². The molecule has 0 bridgehead atoms. The highest BCUT2D eigenvalue weighted by atomic mass is 16.6. The van der Waals surface area contributed by atoms with Gasteiger partial charge in [-0.25, -0.2) is 9.59 Å². The fraction of sp³-hybridized carbons (Fsp3) is 0.545. The molecule has 3 fully saturated rings. The number of nitrogens with zero attached hydrogens (tertiary/aromatic N) is 3. The second-order valence-electron chi connectivity index (χ2n) is 12.6. The second-order valence-corrected chi connectivity index (χ2v) is 12.6. The fourth-order valence-corrected chi connectivity index (χ4v) is 7.31. The number of piperidine rings is 2. The topological polar surface area (TPSA) is 114 Å². The van der Waals surface area contributed by atoms with E-state index in [9.17, 15) is 19.5 Å². The summed E-state index contributed by atoms with van der Waals surface area (Å²) in [5.41, 5.74) is 2.91. The summed E-state index contributed by atoms with van der Waals surface area (Å²) in [7, 11) is 5.93. The van der Waals surface area contributed by atoms with Gasteiger partial charge in [0.15, 0.2) is 6.10 Å². The van der Waals surface area contributed by atoms with Gasteiger partial charge in [0.2, 0.25) is 0 Å². The van der Waals surface area contributed by atoms with Gasteiger partial charge in [-0.15, -0.1) is 0 Å². The van der Waals surface area contributed by atoms with E-state index < -0.39 is 12.2 Å². The third-order valence-electron chi connectivity index (χ3n) is 9.92. The molecule has 2 unspecified atom stereocenters. The lowest BCUT2D eigenvalue weighted by Crippen LogP contribution is -2.51. The Balaban J connectivity index is 1.08. The number of urea groups is 1. The lowest BCUT2D eigenvalue weighted by molar-refractivity contribution is -0.140. The molecule has 0 saturated carbocycles. The Morgan fingerprint density at radius 2 is 1.70 bits per heavy atom. The third-order valence-corrected chi connectivity index (χ3v) is 9.92. The van der Waals surface area contributed by atoms with E-state index in [1.54, 1.807) is 17.0 Å². The highest BCUT2D eigenvalue weighted by molar-refractivity contribution is 6.34. The quantitative estimate of drug-likeness (QED) is 0.440. The highest BCUT2D eigenvalue weighted by Gasteiger charge is 2.38. The van der Waals surface area contributed by atoms with Crippen LogP contribution in [0.25, 0.3) is 0 Å². The largest absolute Gasteiger partial charge is 0.509 e. The van der Waals surface area contributed by atoms with Gasteiger partial charge in [0.1, 0.15) is 13.6 Å². The normalized spacial score (nSPS) is 22.2. The number of aromatic hydroxyl groups is 1. The van der Waals surface area contributed by atoms with Crippen molar-refractivity contribution in [3.8, 4) is 5.75 Å². The van der Waals surface area contributed by atoms with E-state index >= 15 is 0 Å². The molecular formula is C33H42BN5O5. The van der Waals surface area contributed by atoms with Gasteiger partial charge in [0.25, 0.3) is 5.91 Å². The van der Waals surface area contributed by atoms with E-state index in [4.69, 9.17) is 12.6 Å². The molecule has 2 aromatic rings. The first-order chi connectivity index (χ1) is 21.4.